The second-order valence-electron chi connectivity index (χ2n) is 6.33. The predicted octanol–water partition coefficient (Wildman–Crippen LogP) is 3.34. The van der Waals surface area contributed by atoms with Crippen molar-refractivity contribution in [1.29, 1.82) is 0 Å². The summed E-state index contributed by atoms with van der Waals surface area (Å²) in [7, 11) is 0. The van der Waals surface area contributed by atoms with Gasteiger partial charge in [0.25, 0.3) is 0 Å². The van der Waals surface area contributed by atoms with Crippen molar-refractivity contribution in [3.63, 3.8) is 0 Å². The molecule has 2 heterocycles. The molecular weight excluding hydrogens is 324 g/mol. The first kappa shape index (κ1) is 17.6. The van der Waals surface area contributed by atoms with Crippen LogP contribution in [0.1, 0.15) is 13.3 Å². The van der Waals surface area contributed by atoms with E-state index in [0.717, 1.165) is 38.4 Å². The average Bonchev–Trinajstić information content (AvgIpc) is 2.61. The Balaban J connectivity index is 1.40. The molecule has 3 rings (SSSR count). The Morgan fingerprint density at radius 3 is 2.52 bits per heavy atom. The number of pyridine rings is 1. The highest BCUT2D eigenvalue weighted by molar-refractivity contribution is 5.40. The van der Waals surface area contributed by atoms with Crippen molar-refractivity contribution < 1.29 is 13.5 Å². The van der Waals surface area contributed by atoms with Gasteiger partial charge in [0.05, 0.1) is 12.8 Å². The minimum absolute atomic E-state index is 0.255. The molecule has 0 saturated carbocycles. The summed E-state index contributed by atoms with van der Waals surface area (Å²) in [6.07, 6.45) is 2.18. The number of piperazine rings is 1. The summed E-state index contributed by atoms with van der Waals surface area (Å²) in [5, 5.41) is 0. The largest absolute Gasteiger partial charge is 0.494 e. The third-order valence-electron chi connectivity index (χ3n) is 4.42. The number of aromatic nitrogens is 1. The van der Waals surface area contributed by atoms with Crippen LogP contribution in [0.15, 0.2) is 42.6 Å². The topological polar surface area (TPSA) is 28.6 Å². The molecule has 1 unspecified atom stereocenters. The summed E-state index contributed by atoms with van der Waals surface area (Å²) < 4.78 is 31.5. The van der Waals surface area contributed by atoms with Crippen molar-refractivity contribution in [2.75, 3.05) is 37.7 Å². The number of rotatable bonds is 6. The first-order chi connectivity index (χ1) is 12.1. The first-order valence-corrected chi connectivity index (χ1v) is 8.61. The zero-order chi connectivity index (χ0) is 17.6. The maximum atomic E-state index is 13.0. The van der Waals surface area contributed by atoms with Gasteiger partial charge in [0.2, 0.25) is 0 Å². The molecule has 25 heavy (non-hydrogen) atoms. The lowest BCUT2D eigenvalue weighted by atomic mass is 10.2. The van der Waals surface area contributed by atoms with E-state index < -0.39 is 0 Å². The number of benzene rings is 1. The molecule has 1 aromatic carbocycles. The lowest BCUT2D eigenvalue weighted by Gasteiger charge is -2.40. The van der Waals surface area contributed by atoms with Gasteiger partial charge in [-0.05, 0) is 49.7 Å². The maximum Gasteiger partial charge on any atom is 0.141 e. The van der Waals surface area contributed by atoms with Crippen molar-refractivity contribution in [3.05, 3.63) is 54.2 Å². The van der Waals surface area contributed by atoms with Gasteiger partial charge in [-0.3, -0.25) is 4.90 Å². The molecule has 2 aromatic rings. The lowest BCUT2D eigenvalue weighted by Crippen LogP contribution is -2.52. The molecule has 0 aliphatic carbocycles. The van der Waals surface area contributed by atoms with Crippen LogP contribution < -0.4 is 9.64 Å². The van der Waals surface area contributed by atoms with Crippen LogP contribution in [0.2, 0.25) is 0 Å². The third kappa shape index (κ3) is 4.89. The van der Waals surface area contributed by atoms with Gasteiger partial charge in [-0.1, -0.05) is 0 Å². The first-order valence-electron chi connectivity index (χ1n) is 8.61. The summed E-state index contributed by atoms with van der Waals surface area (Å²) in [4.78, 5) is 8.79. The Morgan fingerprint density at radius 1 is 1.08 bits per heavy atom. The Bertz CT molecular complexity index is 663. The second kappa shape index (κ2) is 8.25. The maximum absolute atomic E-state index is 13.0. The predicted molar refractivity (Wildman–Crippen MR) is 94.0 cm³/mol. The van der Waals surface area contributed by atoms with E-state index in [-0.39, 0.29) is 11.6 Å². The van der Waals surface area contributed by atoms with Gasteiger partial charge in [-0.15, -0.1) is 0 Å². The summed E-state index contributed by atoms with van der Waals surface area (Å²) >= 11 is 0. The number of halogens is 2. The van der Waals surface area contributed by atoms with E-state index in [4.69, 9.17) is 4.74 Å². The average molecular weight is 347 g/mol. The minimum atomic E-state index is -0.309. The highest BCUT2D eigenvalue weighted by Crippen LogP contribution is 2.18. The van der Waals surface area contributed by atoms with Crippen LogP contribution >= 0.6 is 0 Å². The van der Waals surface area contributed by atoms with Crippen molar-refractivity contribution in [3.8, 4) is 5.75 Å². The lowest BCUT2D eigenvalue weighted by molar-refractivity contribution is 0.204. The van der Waals surface area contributed by atoms with Gasteiger partial charge in [-0.2, -0.15) is 0 Å². The van der Waals surface area contributed by atoms with Crippen LogP contribution in [-0.2, 0) is 0 Å². The Kier molecular flexibility index (Phi) is 5.81. The van der Waals surface area contributed by atoms with Gasteiger partial charge < -0.3 is 9.64 Å². The molecule has 0 N–H and O–H groups in total. The zero-order valence-electron chi connectivity index (χ0n) is 14.4. The quantitative estimate of drug-likeness (QED) is 0.750. The third-order valence-corrected chi connectivity index (χ3v) is 4.42. The summed E-state index contributed by atoms with van der Waals surface area (Å²) in [5.41, 5.74) is 0. The van der Waals surface area contributed by atoms with Crippen LogP contribution in [0.5, 0.6) is 5.75 Å². The molecule has 1 fully saturated rings. The van der Waals surface area contributed by atoms with Gasteiger partial charge in [0.15, 0.2) is 0 Å². The van der Waals surface area contributed by atoms with Crippen molar-refractivity contribution in [2.24, 2.45) is 0 Å². The second-order valence-corrected chi connectivity index (χ2v) is 6.33. The van der Waals surface area contributed by atoms with Crippen molar-refractivity contribution in [1.82, 2.24) is 9.88 Å². The molecule has 134 valence electrons. The highest BCUT2D eigenvalue weighted by atomic mass is 19.1. The monoisotopic (exact) mass is 347 g/mol. The van der Waals surface area contributed by atoms with Gasteiger partial charge >= 0.3 is 0 Å². The van der Waals surface area contributed by atoms with E-state index in [0.29, 0.717) is 18.4 Å². The standard InChI is InChI=1S/C19H23F2N3O/c1-15-14-23(9-2-12-25-18-6-3-16(20)4-7-18)10-11-24(15)19-8-5-17(21)13-22-19/h3-8,13,15H,2,9-12,14H2,1H3. The minimum Gasteiger partial charge on any atom is -0.494 e. The van der Waals surface area contributed by atoms with E-state index in [9.17, 15) is 8.78 Å². The van der Waals surface area contributed by atoms with Crippen molar-refractivity contribution >= 4 is 5.82 Å². The van der Waals surface area contributed by atoms with Crippen LogP contribution in [-0.4, -0.2) is 48.7 Å². The number of hydrogen-bond acceptors (Lipinski definition) is 4. The summed E-state index contributed by atoms with van der Waals surface area (Å²) in [6.45, 7) is 6.48. The zero-order valence-corrected chi connectivity index (χ0v) is 14.4. The van der Waals surface area contributed by atoms with Gasteiger partial charge in [0.1, 0.15) is 23.2 Å². The Hall–Kier alpha value is -2.21. The molecule has 1 aliphatic heterocycles. The van der Waals surface area contributed by atoms with Gasteiger partial charge in [-0.25, -0.2) is 13.8 Å². The van der Waals surface area contributed by atoms with E-state index in [1.165, 1.54) is 24.4 Å². The fraction of sp³-hybridized carbons (Fsp3) is 0.421. The molecule has 6 heteroatoms. The molecule has 1 aliphatic rings. The molecule has 0 radical (unpaired) electrons. The molecule has 4 nitrogen and oxygen atoms in total. The van der Waals surface area contributed by atoms with E-state index in [1.807, 2.05) is 0 Å². The van der Waals surface area contributed by atoms with Crippen LogP contribution in [0.25, 0.3) is 0 Å². The number of nitrogens with zero attached hydrogens (tertiary/aromatic N) is 3. The van der Waals surface area contributed by atoms with E-state index >= 15 is 0 Å². The fourth-order valence-electron chi connectivity index (χ4n) is 3.12. The normalized spacial score (nSPS) is 18.4. The SMILES string of the molecule is CC1CN(CCCOc2ccc(F)cc2)CCN1c1ccc(F)cn1. The fourth-order valence-corrected chi connectivity index (χ4v) is 3.12. The Morgan fingerprint density at radius 2 is 1.84 bits per heavy atom. The molecule has 0 bridgehead atoms. The van der Waals surface area contributed by atoms with E-state index in [1.54, 1.807) is 18.2 Å². The summed E-state index contributed by atoms with van der Waals surface area (Å²) in [6, 6.07) is 9.61. The smallest absolute Gasteiger partial charge is 0.141 e. The number of hydrogen-bond donors (Lipinski definition) is 0. The molecule has 1 aromatic heterocycles. The molecule has 0 spiro atoms. The molecule has 0 amide bonds. The van der Waals surface area contributed by atoms with Crippen LogP contribution in [0.3, 0.4) is 0 Å². The molecular formula is C19H23F2N3O. The highest BCUT2D eigenvalue weighted by Gasteiger charge is 2.24. The number of ether oxygens (including phenoxy) is 1. The Labute approximate surface area is 147 Å². The molecule has 1 atom stereocenters. The van der Waals surface area contributed by atoms with Crippen molar-refractivity contribution in [2.45, 2.75) is 19.4 Å². The number of anilines is 1. The van der Waals surface area contributed by atoms with Crippen LogP contribution in [0, 0.1) is 11.6 Å². The summed E-state index contributed by atoms with van der Waals surface area (Å²) in [5.74, 6) is 0.959. The molecule has 1 saturated heterocycles. The van der Waals surface area contributed by atoms with Crippen LogP contribution in [0.4, 0.5) is 14.6 Å². The van der Waals surface area contributed by atoms with Gasteiger partial charge in [0, 0.05) is 32.2 Å². The van der Waals surface area contributed by atoms with E-state index in [2.05, 4.69) is 21.7 Å².